The number of allylic oxidation sites excluding steroid dienone is 1. The van der Waals surface area contributed by atoms with Crippen LogP contribution in [-0.2, 0) is 0 Å². The lowest BCUT2D eigenvalue weighted by Crippen LogP contribution is -2.28. The summed E-state index contributed by atoms with van der Waals surface area (Å²) in [6, 6.07) is 9.87. The maximum absolute atomic E-state index is 8.68. The molecule has 1 fully saturated rings. The Kier molecular flexibility index (Phi) is 5.96. The molecule has 3 aromatic rings. The molecular weight excluding hydrogens is 378 g/mol. The monoisotopic (exact) mass is 401 g/mol. The molecule has 9 heteroatoms. The number of rotatable bonds is 5. The summed E-state index contributed by atoms with van der Waals surface area (Å²) in [6.45, 7) is 3.96. The molecule has 0 aliphatic carbocycles. The third-order valence-corrected chi connectivity index (χ3v) is 4.92. The lowest BCUT2D eigenvalue weighted by atomic mass is 10.2. The van der Waals surface area contributed by atoms with Crippen LogP contribution in [0.25, 0.3) is 22.3 Å². The van der Waals surface area contributed by atoms with Gasteiger partial charge in [-0.15, -0.1) is 0 Å². The number of fused-ring (bicyclic) bond motifs is 1. The van der Waals surface area contributed by atoms with Gasteiger partial charge in [0.15, 0.2) is 5.82 Å². The first-order chi connectivity index (χ1) is 14.8. The molecule has 152 valence electrons. The van der Waals surface area contributed by atoms with E-state index in [0.29, 0.717) is 11.3 Å². The molecule has 0 radical (unpaired) electrons. The highest BCUT2D eigenvalue weighted by Gasteiger charge is 2.14. The van der Waals surface area contributed by atoms with Crippen molar-refractivity contribution in [3.63, 3.8) is 0 Å². The topological polar surface area (TPSA) is 121 Å². The summed E-state index contributed by atoms with van der Waals surface area (Å²) in [6.07, 6.45) is 7.60. The summed E-state index contributed by atoms with van der Waals surface area (Å²) >= 11 is 0. The van der Waals surface area contributed by atoms with E-state index >= 15 is 0 Å². The summed E-state index contributed by atoms with van der Waals surface area (Å²) in [5, 5.41) is 17.5. The van der Waals surface area contributed by atoms with Crippen LogP contribution in [0.4, 0.5) is 5.82 Å². The quantitative estimate of drug-likeness (QED) is 0.491. The SMILES string of the molecule is N#CCN=CC(=CN)c1cc2c(cn1)cnn2-c1cccc(N2CCCNCC2)n1. The number of nitrogens with one attached hydrogen (secondary N) is 1. The lowest BCUT2D eigenvalue weighted by Gasteiger charge is -2.21. The van der Waals surface area contributed by atoms with Crippen molar-refractivity contribution in [2.24, 2.45) is 10.7 Å². The van der Waals surface area contributed by atoms with Crippen LogP contribution < -0.4 is 16.0 Å². The van der Waals surface area contributed by atoms with E-state index in [2.05, 4.69) is 25.3 Å². The van der Waals surface area contributed by atoms with E-state index in [0.717, 1.165) is 55.1 Å². The molecule has 30 heavy (non-hydrogen) atoms. The van der Waals surface area contributed by atoms with Crippen molar-refractivity contribution in [2.45, 2.75) is 6.42 Å². The molecule has 9 nitrogen and oxygen atoms in total. The van der Waals surface area contributed by atoms with Crippen LogP contribution in [0.1, 0.15) is 12.1 Å². The van der Waals surface area contributed by atoms with E-state index in [-0.39, 0.29) is 6.54 Å². The highest BCUT2D eigenvalue weighted by Crippen LogP contribution is 2.22. The van der Waals surface area contributed by atoms with Crippen LogP contribution in [-0.4, -0.2) is 58.7 Å². The summed E-state index contributed by atoms with van der Waals surface area (Å²) < 4.78 is 1.81. The van der Waals surface area contributed by atoms with Gasteiger partial charge in [0, 0.05) is 49.2 Å². The molecule has 3 N–H and O–H groups in total. The highest BCUT2D eigenvalue weighted by molar-refractivity contribution is 6.09. The first-order valence-corrected chi connectivity index (χ1v) is 9.86. The zero-order valence-electron chi connectivity index (χ0n) is 16.6. The summed E-state index contributed by atoms with van der Waals surface area (Å²) in [7, 11) is 0. The molecule has 0 amide bonds. The summed E-state index contributed by atoms with van der Waals surface area (Å²) in [4.78, 5) is 15.6. The van der Waals surface area contributed by atoms with Crippen molar-refractivity contribution in [1.29, 1.82) is 5.26 Å². The van der Waals surface area contributed by atoms with E-state index in [1.54, 1.807) is 23.3 Å². The van der Waals surface area contributed by atoms with Crippen LogP contribution in [0.15, 0.2) is 47.9 Å². The standard InChI is InChI=1S/C21H23N9/c22-5-7-25-13-16(12-23)18-11-19-17(14-26-18)15-27-30(19)21-4-1-3-20(28-21)29-9-2-6-24-8-10-29/h1,3-4,11-15,24H,2,6-10,23H2. The van der Waals surface area contributed by atoms with Crippen molar-refractivity contribution in [1.82, 2.24) is 25.1 Å². The molecule has 1 aliphatic heterocycles. The normalized spacial score (nSPS) is 15.4. The van der Waals surface area contributed by atoms with Crippen molar-refractivity contribution in [3.8, 4) is 11.9 Å². The second kappa shape index (κ2) is 9.15. The fourth-order valence-electron chi connectivity index (χ4n) is 3.42. The van der Waals surface area contributed by atoms with Gasteiger partial charge >= 0.3 is 0 Å². The number of anilines is 1. The van der Waals surface area contributed by atoms with Gasteiger partial charge in [0.2, 0.25) is 0 Å². The largest absolute Gasteiger partial charge is 0.404 e. The van der Waals surface area contributed by atoms with E-state index in [4.69, 9.17) is 16.0 Å². The Morgan fingerprint density at radius 3 is 3.03 bits per heavy atom. The number of hydrogen-bond acceptors (Lipinski definition) is 8. The van der Waals surface area contributed by atoms with Gasteiger partial charge in [-0.1, -0.05) is 6.07 Å². The smallest absolute Gasteiger partial charge is 0.156 e. The molecular formula is C21H23N9. The first-order valence-electron chi connectivity index (χ1n) is 9.86. The minimum absolute atomic E-state index is 0.0697. The lowest BCUT2D eigenvalue weighted by molar-refractivity contribution is 0.724. The van der Waals surface area contributed by atoms with Crippen LogP contribution in [0.2, 0.25) is 0 Å². The minimum Gasteiger partial charge on any atom is -0.404 e. The third-order valence-electron chi connectivity index (χ3n) is 4.92. The van der Waals surface area contributed by atoms with Crippen LogP contribution in [0, 0.1) is 11.3 Å². The van der Waals surface area contributed by atoms with Crippen LogP contribution >= 0.6 is 0 Å². The number of hydrogen-bond donors (Lipinski definition) is 2. The van der Waals surface area contributed by atoms with E-state index in [1.807, 2.05) is 30.3 Å². The Hall–Kier alpha value is -3.77. The molecule has 4 heterocycles. The minimum atomic E-state index is 0.0697. The fraction of sp³-hybridized carbons (Fsp3) is 0.286. The molecule has 1 saturated heterocycles. The van der Waals surface area contributed by atoms with Gasteiger partial charge < -0.3 is 16.0 Å². The second-order valence-corrected chi connectivity index (χ2v) is 6.88. The number of aliphatic imine (C=N–C) groups is 1. The van der Waals surface area contributed by atoms with E-state index in [9.17, 15) is 0 Å². The molecule has 0 spiro atoms. The third kappa shape index (κ3) is 4.14. The number of nitrogens with zero attached hydrogens (tertiary/aromatic N) is 7. The summed E-state index contributed by atoms with van der Waals surface area (Å²) in [5.74, 6) is 1.69. The molecule has 0 bridgehead atoms. The fourth-order valence-corrected chi connectivity index (χ4v) is 3.42. The van der Waals surface area contributed by atoms with Gasteiger partial charge in [-0.2, -0.15) is 10.4 Å². The molecule has 0 unspecified atom stereocenters. The Bertz CT molecular complexity index is 1110. The molecule has 1 aliphatic rings. The Balaban J connectivity index is 1.69. The van der Waals surface area contributed by atoms with E-state index in [1.165, 1.54) is 6.20 Å². The number of nitriles is 1. The zero-order chi connectivity index (χ0) is 20.8. The predicted octanol–water partition coefficient (Wildman–Crippen LogP) is 1.51. The molecule has 0 atom stereocenters. The van der Waals surface area contributed by atoms with Gasteiger partial charge in [-0.3, -0.25) is 9.98 Å². The average molecular weight is 401 g/mol. The highest BCUT2D eigenvalue weighted by atomic mass is 15.3. The van der Waals surface area contributed by atoms with Gasteiger partial charge in [-0.25, -0.2) is 9.67 Å². The number of pyridine rings is 2. The predicted molar refractivity (Wildman–Crippen MR) is 117 cm³/mol. The molecule has 0 aromatic carbocycles. The number of nitrogens with two attached hydrogens (primary N) is 1. The van der Waals surface area contributed by atoms with Gasteiger partial charge in [0.25, 0.3) is 0 Å². The molecule has 3 aromatic heterocycles. The summed E-state index contributed by atoms with van der Waals surface area (Å²) in [5.41, 5.74) is 7.91. The van der Waals surface area contributed by atoms with Crippen molar-refractivity contribution < 1.29 is 0 Å². The molecule has 0 saturated carbocycles. The average Bonchev–Trinajstić information content (AvgIpc) is 3.01. The van der Waals surface area contributed by atoms with Gasteiger partial charge in [0.05, 0.1) is 23.5 Å². The van der Waals surface area contributed by atoms with Crippen molar-refractivity contribution in [2.75, 3.05) is 37.6 Å². The van der Waals surface area contributed by atoms with Crippen LogP contribution in [0.3, 0.4) is 0 Å². The number of aromatic nitrogens is 4. The maximum Gasteiger partial charge on any atom is 0.156 e. The maximum atomic E-state index is 8.68. The Morgan fingerprint density at radius 2 is 2.17 bits per heavy atom. The second-order valence-electron chi connectivity index (χ2n) is 6.88. The van der Waals surface area contributed by atoms with Crippen molar-refractivity contribution >= 4 is 28.5 Å². The zero-order valence-corrected chi connectivity index (χ0v) is 16.6. The Labute approximate surface area is 174 Å². The van der Waals surface area contributed by atoms with Crippen molar-refractivity contribution in [3.05, 3.63) is 48.6 Å². The van der Waals surface area contributed by atoms with E-state index < -0.39 is 0 Å². The van der Waals surface area contributed by atoms with Crippen LogP contribution in [0.5, 0.6) is 0 Å². The first kappa shape index (κ1) is 19.5. The van der Waals surface area contributed by atoms with Gasteiger partial charge in [0.1, 0.15) is 12.4 Å². The Morgan fingerprint density at radius 1 is 1.27 bits per heavy atom. The van der Waals surface area contributed by atoms with Gasteiger partial charge in [-0.05, 0) is 31.2 Å². The molecule has 4 rings (SSSR count).